The van der Waals surface area contributed by atoms with E-state index >= 15 is 0 Å². The van der Waals surface area contributed by atoms with Crippen LogP contribution in [0.25, 0.3) is 0 Å². The first-order chi connectivity index (χ1) is 7.49. The molecule has 0 fully saturated rings. The predicted molar refractivity (Wildman–Crippen MR) is 70.1 cm³/mol. The summed E-state index contributed by atoms with van der Waals surface area (Å²) in [6.45, 7) is 3.92. The molecule has 5 heteroatoms. The molecule has 3 nitrogen and oxygen atoms in total. The van der Waals surface area contributed by atoms with E-state index in [0.717, 1.165) is 0 Å². The first-order valence-electron chi connectivity index (χ1n) is 5.14. The van der Waals surface area contributed by atoms with Gasteiger partial charge in [0.1, 0.15) is 5.75 Å². The molecule has 0 radical (unpaired) electrons. The number of aliphatic carboxylic acids is 1. The van der Waals surface area contributed by atoms with Crippen molar-refractivity contribution in [2.24, 2.45) is 5.92 Å². The molecule has 90 valence electrons. The van der Waals surface area contributed by atoms with Crippen LogP contribution in [-0.2, 0) is 4.79 Å². The Hall–Kier alpha value is -0.220. The molecule has 0 saturated carbocycles. The van der Waals surface area contributed by atoms with Gasteiger partial charge in [0.2, 0.25) is 0 Å². The summed E-state index contributed by atoms with van der Waals surface area (Å²) in [5.74, 6) is -0.144. The standard InChI is InChI=1S/C12H15ClO3.Na.H/c1-8(2)7-11(12(14)15)16-10-5-3-9(13)4-6-10;;/h3-6,8,11H,7H2,1-2H3,(H,14,15);;/t11-;;/m0../s1. The fourth-order valence-corrected chi connectivity index (χ4v) is 1.43. The molecule has 0 aliphatic carbocycles. The Morgan fingerprint density at radius 2 is 1.88 bits per heavy atom. The third kappa shape index (κ3) is 6.32. The molecule has 1 N–H and O–H groups in total. The Kier molecular flexibility index (Phi) is 7.88. The van der Waals surface area contributed by atoms with Crippen LogP contribution in [0.5, 0.6) is 5.75 Å². The zero-order valence-electron chi connectivity index (χ0n) is 9.31. The first-order valence-corrected chi connectivity index (χ1v) is 5.52. The van der Waals surface area contributed by atoms with Crippen molar-refractivity contribution in [2.45, 2.75) is 26.4 Å². The fraction of sp³-hybridized carbons (Fsp3) is 0.417. The number of ether oxygens (including phenoxy) is 1. The molecular formula is C12H16ClNaO3. The normalized spacial score (nSPS) is 11.8. The fourth-order valence-electron chi connectivity index (χ4n) is 1.30. The zero-order valence-corrected chi connectivity index (χ0v) is 10.1. The van der Waals surface area contributed by atoms with Crippen LogP contribution in [-0.4, -0.2) is 46.7 Å². The number of carbonyl (C=O) groups is 1. The van der Waals surface area contributed by atoms with Crippen LogP contribution in [0.2, 0.25) is 5.02 Å². The molecule has 0 amide bonds. The molecule has 1 atom stereocenters. The first kappa shape index (κ1) is 16.8. The van der Waals surface area contributed by atoms with Gasteiger partial charge < -0.3 is 9.84 Å². The summed E-state index contributed by atoms with van der Waals surface area (Å²) in [4.78, 5) is 11.0. The van der Waals surface area contributed by atoms with Gasteiger partial charge >= 0.3 is 35.5 Å². The molecule has 0 aromatic heterocycles. The van der Waals surface area contributed by atoms with Crippen LogP contribution in [0.15, 0.2) is 24.3 Å². The Morgan fingerprint density at radius 1 is 1.35 bits per heavy atom. The van der Waals surface area contributed by atoms with Crippen molar-refractivity contribution in [3.05, 3.63) is 29.3 Å². The van der Waals surface area contributed by atoms with Crippen molar-refractivity contribution in [2.75, 3.05) is 0 Å². The average molecular weight is 267 g/mol. The van der Waals surface area contributed by atoms with E-state index < -0.39 is 12.1 Å². The number of halogens is 1. The van der Waals surface area contributed by atoms with Gasteiger partial charge in [-0.05, 0) is 36.6 Å². The molecular weight excluding hydrogens is 251 g/mol. The van der Waals surface area contributed by atoms with Crippen molar-refractivity contribution in [3.63, 3.8) is 0 Å². The molecule has 1 rings (SSSR count). The van der Waals surface area contributed by atoms with Crippen molar-refractivity contribution in [1.82, 2.24) is 0 Å². The Bertz CT molecular complexity index is 351. The molecule has 0 bridgehead atoms. The van der Waals surface area contributed by atoms with Crippen LogP contribution in [0.4, 0.5) is 0 Å². The van der Waals surface area contributed by atoms with Gasteiger partial charge in [-0.3, -0.25) is 0 Å². The summed E-state index contributed by atoms with van der Waals surface area (Å²) in [7, 11) is 0. The van der Waals surface area contributed by atoms with Gasteiger partial charge in [-0.2, -0.15) is 0 Å². The number of carboxylic acid groups (broad SMARTS) is 1. The molecule has 1 aromatic rings. The molecule has 0 aliphatic rings. The van der Waals surface area contributed by atoms with Crippen molar-refractivity contribution < 1.29 is 14.6 Å². The Morgan fingerprint density at radius 3 is 2.29 bits per heavy atom. The molecule has 0 heterocycles. The minimum atomic E-state index is -0.941. The summed E-state index contributed by atoms with van der Waals surface area (Å²) >= 11 is 5.72. The van der Waals surface area contributed by atoms with Gasteiger partial charge in [0.15, 0.2) is 6.10 Å². The van der Waals surface area contributed by atoms with Crippen molar-refractivity contribution in [1.29, 1.82) is 0 Å². The summed E-state index contributed by atoms with van der Waals surface area (Å²) in [6.07, 6.45) is -0.320. The van der Waals surface area contributed by atoms with Gasteiger partial charge in [0.25, 0.3) is 0 Å². The number of carboxylic acids is 1. The van der Waals surface area contributed by atoms with E-state index in [-0.39, 0.29) is 35.5 Å². The van der Waals surface area contributed by atoms with Crippen molar-refractivity contribution >= 4 is 47.1 Å². The molecule has 0 unspecified atom stereocenters. The third-order valence-electron chi connectivity index (χ3n) is 2.05. The second kappa shape index (κ2) is 7.98. The Labute approximate surface area is 128 Å². The maximum atomic E-state index is 11.0. The van der Waals surface area contributed by atoms with E-state index in [4.69, 9.17) is 21.4 Å². The van der Waals surface area contributed by atoms with Crippen molar-refractivity contribution in [3.8, 4) is 5.75 Å². The van der Waals surface area contributed by atoms with Crippen LogP contribution < -0.4 is 4.74 Å². The van der Waals surface area contributed by atoms with E-state index in [1.54, 1.807) is 24.3 Å². The number of hydrogen-bond donors (Lipinski definition) is 1. The van der Waals surface area contributed by atoms with Gasteiger partial charge in [-0.15, -0.1) is 0 Å². The SMILES string of the molecule is CC(C)C[C@H](Oc1ccc(Cl)cc1)C(=O)O.[NaH]. The molecule has 17 heavy (non-hydrogen) atoms. The van der Waals surface area contributed by atoms with Gasteiger partial charge in [0.05, 0.1) is 0 Å². The van der Waals surface area contributed by atoms with Crippen LogP contribution in [0, 0.1) is 5.92 Å². The van der Waals surface area contributed by atoms with E-state index in [9.17, 15) is 4.79 Å². The van der Waals surface area contributed by atoms with Crippen LogP contribution >= 0.6 is 11.6 Å². The van der Waals surface area contributed by atoms with Gasteiger partial charge in [-0.25, -0.2) is 4.79 Å². The van der Waals surface area contributed by atoms with E-state index in [2.05, 4.69) is 0 Å². The molecule has 0 saturated heterocycles. The monoisotopic (exact) mass is 266 g/mol. The Balaban J connectivity index is 0.00000256. The summed E-state index contributed by atoms with van der Waals surface area (Å²) in [5, 5.41) is 9.59. The number of benzene rings is 1. The predicted octanol–water partition coefficient (Wildman–Crippen LogP) is 2.57. The molecule has 1 aromatic carbocycles. The third-order valence-corrected chi connectivity index (χ3v) is 2.30. The van der Waals surface area contributed by atoms with Crippen LogP contribution in [0.3, 0.4) is 0 Å². The van der Waals surface area contributed by atoms with E-state index in [1.165, 1.54) is 0 Å². The quantitative estimate of drug-likeness (QED) is 0.833. The average Bonchev–Trinajstić information content (AvgIpc) is 2.19. The summed E-state index contributed by atoms with van der Waals surface area (Å²) in [6, 6.07) is 6.67. The molecule has 0 aliphatic heterocycles. The second-order valence-electron chi connectivity index (χ2n) is 4.03. The number of rotatable bonds is 5. The van der Waals surface area contributed by atoms with Gasteiger partial charge in [0, 0.05) is 5.02 Å². The summed E-state index contributed by atoms with van der Waals surface area (Å²) < 4.78 is 5.38. The second-order valence-corrected chi connectivity index (χ2v) is 4.46. The summed E-state index contributed by atoms with van der Waals surface area (Å²) in [5.41, 5.74) is 0. The topological polar surface area (TPSA) is 46.5 Å². The zero-order chi connectivity index (χ0) is 12.1. The molecule has 0 spiro atoms. The van der Waals surface area contributed by atoms with Crippen LogP contribution in [0.1, 0.15) is 20.3 Å². The van der Waals surface area contributed by atoms with E-state index in [0.29, 0.717) is 17.2 Å². The number of hydrogen-bond acceptors (Lipinski definition) is 2. The maximum absolute atomic E-state index is 11.0. The van der Waals surface area contributed by atoms with E-state index in [1.807, 2.05) is 13.8 Å². The minimum absolute atomic E-state index is 0. The van der Waals surface area contributed by atoms with Gasteiger partial charge in [-0.1, -0.05) is 25.4 Å².